The van der Waals surface area contributed by atoms with Gasteiger partial charge in [0.05, 0.1) is 0 Å². The van der Waals surface area contributed by atoms with E-state index in [0.29, 0.717) is 0 Å². The van der Waals surface area contributed by atoms with E-state index in [-0.39, 0.29) is 0 Å². The average molecular weight is 156 g/mol. The summed E-state index contributed by atoms with van der Waals surface area (Å²) in [7, 11) is 0. The van der Waals surface area contributed by atoms with Crippen LogP contribution in [0, 0.1) is 5.92 Å². The van der Waals surface area contributed by atoms with Crippen LogP contribution < -0.4 is 0 Å². The maximum atomic E-state index is 3.00. The molecule has 0 aromatic rings. The Hall–Kier alpha value is -0.260. The first-order chi connectivity index (χ1) is 5.31. The zero-order valence-corrected chi connectivity index (χ0v) is 8.53. The molecule has 0 aromatic carbocycles. The van der Waals surface area contributed by atoms with Crippen LogP contribution in [0.2, 0.25) is 0 Å². The van der Waals surface area contributed by atoms with Crippen LogP contribution in [-0.2, 0) is 0 Å². The Kier molecular flexibility index (Phi) is 15.1. The number of hydrogen-bond donors (Lipinski definition) is 0. The molecule has 0 nitrogen and oxygen atoms in total. The summed E-state index contributed by atoms with van der Waals surface area (Å²) in [6.07, 6.45) is 6.98. The number of unbranched alkanes of at least 4 members (excludes halogenated alkanes) is 1. The third kappa shape index (κ3) is 12.8. The van der Waals surface area contributed by atoms with Gasteiger partial charge < -0.3 is 0 Å². The molecule has 0 saturated heterocycles. The summed E-state index contributed by atoms with van der Waals surface area (Å²) < 4.78 is 0. The Morgan fingerprint density at radius 2 is 1.55 bits per heavy atom. The quantitative estimate of drug-likeness (QED) is 0.517. The third-order valence-electron chi connectivity index (χ3n) is 1.83. The van der Waals surface area contributed by atoms with E-state index in [1.54, 1.807) is 0 Å². The van der Waals surface area contributed by atoms with Crippen molar-refractivity contribution in [2.75, 3.05) is 0 Å². The fourth-order valence-electron chi connectivity index (χ4n) is 1.19. The van der Waals surface area contributed by atoms with Crippen molar-refractivity contribution in [1.29, 1.82) is 0 Å². The highest BCUT2D eigenvalue weighted by atomic mass is 14.0. The van der Waals surface area contributed by atoms with Crippen LogP contribution in [0.5, 0.6) is 0 Å². The summed E-state index contributed by atoms with van der Waals surface area (Å²) in [6.45, 7) is 12.9. The summed E-state index contributed by atoms with van der Waals surface area (Å²) >= 11 is 0. The van der Waals surface area contributed by atoms with Gasteiger partial charge in [0.15, 0.2) is 0 Å². The van der Waals surface area contributed by atoms with Crippen molar-refractivity contribution in [2.45, 2.75) is 52.9 Å². The molecular weight excluding hydrogens is 132 g/mol. The van der Waals surface area contributed by atoms with Gasteiger partial charge in [0.2, 0.25) is 0 Å². The van der Waals surface area contributed by atoms with E-state index in [2.05, 4.69) is 33.9 Å². The molecule has 11 heavy (non-hydrogen) atoms. The predicted molar refractivity (Wildman–Crippen MR) is 54.9 cm³/mol. The Bertz CT molecular complexity index is 57.1. The Morgan fingerprint density at radius 1 is 1.00 bits per heavy atom. The molecule has 0 radical (unpaired) electrons. The molecular formula is C11H24. The Balaban J connectivity index is 0. The van der Waals surface area contributed by atoms with Gasteiger partial charge in [-0.1, -0.05) is 52.9 Å². The van der Waals surface area contributed by atoms with Crippen LogP contribution >= 0.6 is 0 Å². The molecule has 0 saturated carbocycles. The minimum absolute atomic E-state index is 0.968. The second-order valence-corrected chi connectivity index (χ2v) is 3.04. The van der Waals surface area contributed by atoms with Crippen molar-refractivity contribution in [3.63, 3.8) is 0 Å². The van der Waals surface area contributed by atoms with Crippen LogP contribution in [-0.4, -0.2) is 0 Å². The maximum Gasteiger partial charge on any atom is -0.0443 e. The van der Waals surface area contributed by atoms with Gasteiger partial charge >= 0.3 is 0 Å². The van der Waals surface area contributed by atoms with Gasteiger partial charge in [-0.15, -0.1) is 13.2 Å². The average Bonchev–Trinajstić information content (AvgIpc) is 2.05. The summed E-state index contributed by atoms with van der Waals surface area (Å²) in [5, 5.41) is 0. The lowest BCUT2D eigenvalue weighted by molar-refractivity contribution is 0.466. The van der Waals surface area contributed by atoms with E-state index in [4.69, 9.17) is 0 Å². The highest BCUT2D eigenvalue weighted by Gasteiger charge is 1.97. The second-order valence-electron chi connectivity index (χ2n) is 3.04. The zero-order valence-electron chi connectivity index (χ0n) is 8.53. The lowest BCUT2D eigenvalue weighted by Gasteiger charge is -2.07. The van der Waals surface area contributed by atoms with Crippen LogP contribution in [0.25, 0.3) is 0 Å². The SMILES string of the molecule is C=C.CCCCC(C)CCC. The Morgan fingerprint density at radius 3 is 1.91 bits per heavy atom. The summed E-state index contributed by atoms with van der Waals surface area (Å²) in [4.78, 5) is 0. The molecule has 0 aromatic heterocycles. The van der Waals surface area contributed by atoms with Crippen molar-refractivity contribution in [3.8, 4) is 0 Å². The predicted octanol–water partition coefficient (Wildman–Crippen LogP) is 4.42. The molecule has 0 heterocycles. The summed E-state index contributed by atoms with van der Waals surface area (Å²) in [5.41, 5.74) is 0. The topological polar surface area (TPSA) is 0 Å². The molecule has 0 heteroatoms. The molecule has 0 fully saturated rings. The lowest BCUT2D eigenvalue weighted by Crippen LogP contribution is -1.92. The molecule has 0 amide bonds. The highest BCUT2D eigenvalue weighted by molar-refractivity contribution is 4.50. The molecule has 0 aliphatic rings. The molecule has 1 atom stereocenters. The van der Waals surface area contributed by atoms with Crippen molar-refractivity contribution < 1.29 is 0 Å². The van der Waals surface area contributed by atoms with Gasteiger partial charge in [-0.2, -0.15) is 0 Å². The van der Waals surface area contributed by atoms with Crippen molar-refractivity contribution in [2.24, 2.45) is 5.92 Å². The number of hydrogen-bond acceptors (Lipinski definition) is 0. The smallest absolute Gasteiger partial charge is 0.0443 e. The highest BCUT2D eigenvalue weighted by Crippen LogP contribution is 2.12. The van der Waals surface area contributed by atoms with Crippen LogP contribution in [0.1, 0.15) is 52.9 Å². The fourth-order valence-corrected chi connectivity index (χ4v) is 1.19. The Labute approximate surface area is 72.7 Å². The molecule has 0 N–H and O–H groups in total. The van der Waals surface area contributed by atoms with E-state index < -0.39 is 0 Å². The molecule has 0 aliphatic heterocycles. The molecule has 0 rings (SSSR count). The van der Waals surface area contributed by atoms with Crippen molar-refractivity contribution in [3.05, 3.63) is 13.2 Å². The van der Waals surface area contributed by atoms with Crippen molar-refractivity contribution in [1.82, 2.24) is 0 Å². The van der Waals surface area contributed by atoms with Crippen LogP contribution in [0.3, 0.4) is 0 Å². The minimum Gasteiger partial charge on any atom is -0.106 e. The molecule has 0 bridgehead atoms. The van der Waals surface area contributed by atoms with Crippen LogP contribution in [0.15, 0.2) is 13.2 Å². The van der Waals surface area contributed by atoms with Crippen LogP contribution in [0.4, 0.5) is 0 Å². The zero-order chi connectivity index (χ0) is 9.11. The van der Waals surface area contributed by atoms with Gasteiger partial charge in [0.25, 0.3) is 0 Å². The van der Waals surface area contributed by atoms with E-state index in [0.717, 1.165) is 5.92 Å². The van der Waals surface area contributed by atoms with Gasteiger partial charge in [-0.3, -0.25) is 0 Å². The van der Waals surface area contributed by atoms with E-state index in [1.165, 1.54) is 32.1 Å². The second kappa shape index (κ2) is 12.4. The minimum atomic E-state index is 0.968. The van der Waals surface area contributed by atoms with Gasteiger partial charge in [-0.05, 0) is 5.92 Å². The molecule has 1 unspecified atom stereocenters. The maximum absolute atomic E-state index is 3.00. The third-order valence-corrected chi connectivity index (χ3v) is 1.83. The van der Waals surface area contributed by atoms with E-state index >= 15 is 0 Å². The summed E-state index contributed by atoms with van der Waals surface area (Å²) in [5.74, 6) is 0.968. The first-order valence-corrected chi connectivity index (χ1v) is 4.81. The molecule has 0 aliphatic carbocycles. The van der Waals surface area contributed by atoms with E-state index in [1.807, 2.05) is 0 Å². The molecule has 68 valence electrons. The van der Waals surface area contributed by atoms with E-state index in [9.17, 15) is 0 Å². The van der Waals surface area contributed by atoms with Gasteiger partial charge in [-0.25, -0.2) is 0 Å². The van der Waals surface area contributed by atoms with Crippen molar-refractivity contribution >= 4 is 0 Å². The standard InChI is InChI=1S/C9H20.C2H4/c1-4-6-8-9(3)7-5-2;1-2/h9H,4-8H2,1-3H3;1-2H2. The molecule has 0 spiro atoms. The number of rotatable bonds is 5. The monoisotopic (exact) mass is 156 g/mol. The largest absolute Gasteiger partial charge is 0.106 e. The normalized spacial score (nSPS) is 11.5. The van der Waals surface area contributed by atoms with Gasteiger partial charge in [0.1, 0.15) is 0 Å². The first-order valence-electron chi connectivity index (χ1n) is 4.81. The fraction of sp³-hybridized carbons (Fsp3) is 0.818. The lowest BCUT2D eigenvalue weighted by atomic mass is 10.00. The summed E-state index contributed by atoms with van der Waals surface area (Å²) in [6, 6.07) is 0. The first kappa shape index (κ1) is 13.3. The van der Waals surface area contributed by atoms with Gasteiger partial charge in [0, 0.05) is 0 Å².